The van der Waals surface area contributed by atoms with Crippen molar-refractivity contribution in [2.75, 3.05) is 33.4 Å². The molecule has 1 fully saturated rings. The molecular weight excluding hydrogens is 206 g/mol. The SMILES string of the molecule is CN(Cc1ccoc1)CC1(CO)CCOC1. The quantitative estimate of drug-likeness (QED) is 0.815. The van der Waals surface area contributed by atoms with Gasteiger partial charge in [-0.25, -0.2) is 0 Å². The number of rotatable bonds is 5. The highest BCUT2D eigenvalue weighted by Gasteiger charge is 2.35. The van der Waals surface area contributed by atoms with Gasteiger partial charge in [-0.2, -0.15) is 0 Å². The smallest absolute Gasteiger partial charge is 0.0947 e. The van der Waals surface area contributed by atoms with Gasteiger partial charge in [0, 0.05) is 30.7 Å². The molecule has 1 aliphatic heterocycles. The van der Waals surface area contributed by atoms with Gasteiger partial charge in [-0.05, 0) is 19.5 Å². The fourth-order valence-corrected chi connectivity index (χ4v) is 2.27. The summed E-state index contributed by atoms with van der Waals surface area (Å²) in [6, 6.07) is 1.97. The minimum atomic E-state index is -0.0709. The van der Waals surface area contributed by atoms with Crippen molar-refractivity contribution in [1.82, 2.24) is 4.90 Å². The maximum Gasteiger partial charge on any atom is 0.0947 e. The third-order valence-corrected chi connectivity index (χ3v) is 3.16. The third-order valence-electron chi connectivity index (χ3n) is 3.16. The van der Waals surface area contributed by atoms with Crippen LogP contribution in [0, 0.1) is 5.41 Å². The first-order valence-electron chi connectivity index (χ1n) is 5.62. The zero-order chi connectivity index (χ0) is 11.4. The topological polar surface area (TPSA) is 45.8 Å². The van der Waals surface area contributed by atoms with Gasteiger partial charge in [0.15, 0.2) is 0 Å². The van der Waals surface area contributed by atoms with Crippen LogP contribution in [0.1, 0.15) is 12.0 Å². The number of ether oxygens (including phenoxy) is 1. The molecule has 0 aliphatic carbocycles. The number of nitrogens with zero attached hydrogens (tertiary/aromatic N) is 1. The molecule has 1 saturated heterocycles. The highest BCUT2D eigenvalue weighted by molar-refractivity contribution is 5.05. The summed E-state index contributed by atoms with van der Waals surface area (Å²) in [5.74, 6) is 0. The molecule has 1 N–H and O–H groups in total. The Balaban J connectivity index is 1.88. The molecule has 4 heteroatoms. The zero-order valence-corrected chi connectivity index (χ0v) is 9.69. The van der Waals surface area contributed by atoms with Gasteiger partial charge in [0.2, 0.25) is 0 Å². The van der Waals surface area contributed by atoms with E-state index in [4.69, 9.17) is 9.15 Å². The number of hydrogen-bond acceptors (Lipinski definition) is 4. The van der Waals surface area contributed by atoms with E-state index in [0.29, 0.717) is 6.61 Å². The van der Waals surface area contributed by atoms with Crippen LogP contribution in [0.5, 0.6) is 0 Å². The van der Waals surface area contributed by atoms with E-state index in [2.05, 4.69) is 11.9 Å². The lowest BCUT2D eigenvalue weighted by atomic mass is 9.88. The van der Waals surface area contributed by atoms with Gasteiger partial charge >= 0.3 is 0 Å². The van der Waals surface area contributed by atoms with Crippen molar-refractivity contribution >= 4 is 0 Å². The van der Waals surface area contributed by atoms with Gasteiger partial charge in [0.25, 0.3) is 0 Å². The Bertz CT molecular complexity index is 304. The molecule has 0 bridgehead atoms. The summed E-state index contributed by atoms with van der Waals surface area (Å²) in [5, 5.41) is 9.47. The van der Waals surface area contributed by atoms with Crippen LogP contribution in [0.3, 0.4) is 0 Å². The van der Waals surface area contributed by atoms with Crippen LogP contribution < -0.4 is 0 Å². The van der Waals surface area contributed by atoms with E-state index < -0.39 is 0 Å². The maximum atomic E-state index is 9.47. The van der Waals surface area contributed by atoms with Crippen LogP contribution in [0.2, 0.25) is 0 Å². The molecule has 0 spiro atoms. The largest absolute Gasteiger partial charge is 0.472 e. The minimum absolute atomic E-state index is 0.0709. The summed E-state index contributed by atoms with van der Waals surface area (Å²) in [7, 11) is 2.06. The highest BCUT2D eigenvalue weighted by Crippen LogP contribution is 2.29. The maximum absolute atomic E-state index is 9.47. The van der Waals surface area contributed by atoms with E-state index in [9.17, 15) is 5.11 Å². The highest BCUT2D eigenvalue weighted by atomic mass is 16.5. The molecule has 1 atom stereocenters. The van der Waals surface area contributed by atoms with Crippen molar-refractivity contribution in [2.24, 2.45) is 5.41 Å². The first-order chi connectivity index (χ1) is 7.74. The van der Waals surface area contributed by atoms with Gasteiger partial charge in [0.1, 0.15) is 0 Å². The van der Waals surface area contributed by atoms with Crippen molar-refractivity contribution in [1.29, 1.82) is 0 Å². The molecule has 0 saturated carbocycles. The van der Waals surface area contributed by atoms with E-state index in [0.717, 1.165) is 31.7 Å². The predicted molar refractivity (Wildman–Crippen MR) is 60.0 cm³/mol. The van der Waals surface area contributed by atoms with E-state index >= 15 is 0 Å². The van der Waals surface area contributed by atoms with E-state index in [1.807, 2.05) is 6.07 Å². The van der Waals surface area contributed by atoms with Gasteiger partial charge in [-0.15, -0.1) is 0 Å². The minimum Gasteiger partial charge on any atom is -0.472 e. The molecule has 90 valence electrons. The number of hydrogen-bond donors (Lipinski definition) is 1. The monoisotopic (exact) mass is 225 g/mol. The van der Waals surface area contributed by atoms with Crippen LogP contribution in [-0.4, -0.2) is 43.4 Å². The van der Waals surface area contributed by atoms with Crippen LogP contribution in [0.4, 0.5) is 0 Å². The standard InChI is InChI=1S/C12H19NO3/c1-13(6-11-2-4-15-7-11)8-12(9-14)3-5-16-10-12/h2,4,7,14H,3,5-6,8-10H2,1H3. The van der Waals surface area contributed by atoms with Crippen LogP contribution in [0.25, 0.3) is 0 Å². The van der Waals surface area contributed by atoms with Gasteiger partial charge in [-0.1, -0.05) is 0 Å². The zero-order valence-electron chi connectivity index (χ0n) is 9.69. The van der Waals surface area contributed by atoms with Crippen molar-refractivity contribution in [3.63, 3.8) is 0 Å². The fourth-order valence-electron chi connectivity index (χ4n) is 2.27. The van der Waals surface area contributed by atoms with Crippen LogP contribution in [0.15, 0.2) is 23.0 Å². The second kappa shape index (κ2) is 4.99. The summed E-state index contributed by atoms with van der Waals surface area (Å²) in [4.78, 5) is 2.20. The Hall–Kier alpha value is -0.840. The lowest BCUT2D eigenvalue weighted by Crippen LogP contribution is -2.38. The first-order valence-corrected chi connectivity index (χ1v) is 5.62. The molecule has 0 amide bonds. The van der Waals surface area contributed by atoms with Crippen LogP contribution >= 0.6 is 0 Å². The fraction of sp³-hybridized carbons (Fsp3) is 0.667. The Labute approximate surface area is 95.8 Å². The van der Waals surface area contributed by atoms with E-state index in [-0.39, 0.29) is 12.0 Å². The molecule has 2 rings (SSSR count). The molecule has 4 nitrogen and oxygen atoms in total. The Morgan fingerprint density at radius 2 is 2.44 bits per heavy atom. The van der Waals surface area contributed by atoms with Crippen LogP contribution in [-0.2, 0) is 11.3 Å². The van der Waals surface area contributed by atoms with Gasteiger partial charge in [-0.3, -0.25) is 0 Å². The summed E-state index contributed by atoms with van der Waals surface area (Å²) >= 11 is 0. The number of aliphatic hydroxyl groups excluding tert-OH is 1. The Morgan fingerprint density at radius 1 is 1.56 bits per heavy atom. The van der Waals surface area contributed by atoms with Crippen molar-refractivity contribution < 1.29 is 14.3 Å². The number of aliphatic hydroxyl groups is 1. The number of furan rings is 1. The summed E-state index contributed by atoms with van der Waals surface area (Å²) in [6.45, 7) is 3.33. The average Bonchev–Trinajstić information content (AvgIpc) is 2.90. The lowest BCUT2D eigenvalue weighted by Gasteiger charge is -2.30. The molecule has 1 unspecified atom stereocenters. The molecule has 1 aromatic heterocycles. The molecule has 16 heavy (non-hydrogen) atoms. The van der Waals surface area contributed by atoms with E-state index in [1.54, 1.807) is 12.5 Å². The molecule has 0 radical (unpaired) electrons. The third kappa shape index (κ3) is 2.64. The molecular formula is C12H19NO3. The molecule has 1 aromatic rings. The van der Waals surface area contributed by atoms with E-state index in [1.165, 1.54) is 0 Å². The average molecular weight is 225 g/mol. The molecule has 2 heterocycles. The Morgan fingerprint density at radius 3 is 3.00 bits per heavy atom. The molecule has 1 aliphatic rings. The summed E-state index contributed by atoms with van der Waals surface area (Å²) < 4.78 is 10.4. The first kappa shape index (κ1) is 11.6. The van der Waals surface area contributed by atoms with Crippen molar-refractivity contribution in [3.8, 4) is 0 Å². The summed E-state index contributed by atoms with van der Waals surface area (Å²) in [6.07, 6.45) is 4.39. The second-order valence-electron chi connectivity index (χ2n) is 4.76. The predicted octanol–water partition coefficient (Wildman–Crippen LogP) is 1.11. The van der Waals surface area contributed by atoms with Crippen molar-refractivity contribution in [3.05, 3.63) is 24.2 Å². The molecule has 0 aromatic carbocycles. The Kier molecular flexibility index (Phi) is 3.63. The van der Waals surface area contributed by atoms with Crippen molar-refractivity contribution in [2.45, 2.75) is 13.0 Å². The van der Waals surface area contributed by atoms with Gasteiger partial charge < -0.3 is 19.2 Å². The van der Waals surface area contributed by atoms with Gasteiger partial charge in [0.05, 0.1) is 25.7 Å². The summed E-state index contributed by atoms with van der Waals surface area (Å²) in [5.41, 5.74) is 1.09. The second-order valence-corrected chi connectivity index (χ2v) is 4.76. The lowest BCUT2D eigenvalue weighted by molar-refractivity contribution is 0.0624. The normalized spacial score (nSPS) is 25.4.